The Hall–Kier alpha value is -0.990. The van der Waals surface area contributed by atoms with E-state index in [0.717, 1.165) is 37.3 Å². The molecule has 0 aliphatic carbocycles. The topological polar surface area (TPSA) is 53.6 Å². The van der Waals surface area contributed by atoms with Crippen molar-refractivity contribution in [2.24, 2.45) is 7.05 Å². The summed E-state index contributed by atoms with van der Waals surface area (Å²) in [6, 6.07) is 4.55. The van der Waals surface area contributed by atoms with E-state index in [1.807, 2.05) is 30.4 Å². The first-order chi connectivity index (χ1) is 9.06. The molecule has 0 saturated heterocycles. The minimum Gasteiger partial charge on any atom is -0.300 e. The predicted molar refractivity (Wildman–Crippen MR) is 80.2 cm³/mol. The van der Waals surface area contributed by atoms with Crippen molar-refractivity contribution in [3.8, 4) is 6.07 Å². The third kappa shape index (κ3) is 4.55. The first kappa shape index (κ1) is 16.1. The highest BCUT2D eigenvalue weighted by Crippen LogP contribution is 2.23. The van der Waals surface area contributed by atoms with Crippen LogP contribution in [0.4, 0.5) is 0 Å². The molecular formula is C14H24N4S. The number of aromatic nitrogens is 2. The number of rotatable bonds is 8. The van der Waals surface area contributed by atoms with Crippen LogP contribution in [0.1, 0.15) is 38.8 Å². The van der Waals surface area contributed by atoms with E-state index in [0.29, 0.717) is 0 Å². The number of nitrogens with one attached hydrogen (secondary N) is 1. The lowest BCUT2D eigenvalue weighted by molar-refractivity contribution is 0.379. The third-order valence-corrected chi connectivity index (χ3v) is 4.46. The smallest absolute Gasteiger partial charge is 0.106 e. The van der Waals surface area contributed by atoms with Gasteiger partial charge in [0.25, 0.3) is 0 Å². The van der Waals surface area contributed by atoms with Gasteiger partial charge in [0.1, 0.15) is 5.54 Å². The van der Waals surface area contributed by atoms with Crippen molar-refractivity contribution in [3.05, 3.63) is 11.8 Å². The number of hydrogen-bond acceptors (Lipinski definition) is 4. The van der Waals surface area contributed by atoms with Crippen LogP contribution in [0.25, 0.3) is 0 Å². The Morgan fingerprint density at radius 2 is 2.26 bits per heavy atom. The zero-order valence-electron chi connectivity index (χ0n) is 12.4. The fraction of sp³-hybridized carbons (Fsp3) is 0.714. The summed E-state index contributed by atoms with van der Waals surface area (Å²) >= 11 is 1.81. The van der Waals surface area contributed by atoms with Crippen LogP contribution in [0.15, 0.2) is 11.1 Å². The van der Waals surface area contributed by atoms with Crippen molar-refractivity contribution in [2.75, 3.05) is 12.3 Å². The van der Waals surface area contributed by atoms with Gasteiger partial charge in [0.2, 0.25) is 0 Å². The second-order valence-electron chi connectivity index (χ2n) is 4.78. The summed E-state index contributed by atoms with van der Waals surface area (Å²) in [6.07, 6.45) is 2.79. The average molecular weight is 280 g/mol. The standard InChI is InChI=1S/C14H24N4S/c1-5-14(11-15,16-6-2)8-7-9-19-13-10-12(3)17-18(13)4/h10,16H,5-9H2,1-4H3. The van der Waals surface area contributed by atoms with Crippen LogP contribution in [-0.2, 0) is 7.05 Å². The van der Waals surface area contributed by atoms with Crippen molar-refractivity contribution in [1.29, 1.82) is 5.26 Å². The molecule has 0 bridgehead atoms. The highest BCUT2D eigenvalue weighted by atomic mass is 32.2. The molecule has 1 heterocycles. The summed E-state index contributed by atoms with van der Waals surface area (Å²) < 4.78 is 1.92. The van der Waals surface area contributed by atoms with E-state index in [1.54, 1.807) is 0 Å². The van der Waals surface area contributed by atoms with Gasteiger partial charge in [-0.1, -0.05) is 13.8 Å². The van der Waals surface area contributed by atoms with E-state index in [2.05, 4.69) is 36.4 Å². The molecule has 1 atom stereocenters. The third-order valence-electron chi connectivity index (χ3n) is 3.29. The number of aryl methyl sites for hydroxylation is 2. The molecular weight excluding hydrogens is 256 g/mol. The number of nitriles is 1. The summed E-state index contributed by atoms with van der Waals surface area (Å²) in [7, 11) is 1.97. The van der Waals surface area contributed by atoms with Gasteiger partial charge in [0.15, 0.2) is 0 Å². The van der Waals surface area contributed by atoms with Crippen molar-refractivity contribution in [3.63, 3.8) is 0 Å². The van der Waals surface area contributed by atoms with Gasteiger partial charge in [-0.05, 0) is 44.6 Å². The Kier molecular flexibility index (Phi) is 6.40. The SMILES string of the molecule is CCNC(C#N)(CC)CCCSc1cc(C)nn1C. The zero-order valence-corrected chi connectivity index (χ0v) is 13.2. The van der Waals surface area contributed by atoms with Gasteiger partial charge >= 0.3 is 0 Å². The van der Waals surface area contributed by atoms with Gasteiger partial charge in [-0.2, -0.15) is 10.4 Å². The maximum atomic E-state index is 9.34. The van der Waals surface area contributed by atoms with Crippen LogP contribution in [0.5, 0.6) is 0 Å². The van der Waals surface area contributed by atoms with E-state index in [-0.39, 0.29) is 5.54 Å². The molecule has 0 saturated carbocycles. The first-order valence-electron chi connectivity index (χ1n) is 6.86. The van der Waals surface area contributed by atoms with Gasteiger partial charge in [-0.15, -0.1) is 11.8 Å². The molecule has 0 spiro atoms. The number of hydrogen-bond donors (Lipinski definition) is 1. The van der Waals surface area contributed by atoms with E-state index < -0.39 is 0 Å². The van der Waals surface area contributed by atoms with Crippen LogP contribution in [0.3, 0.4) is 0 Å². The highest BCUT2D eigenvalue weighted by molar-refractivity contribution is 7.99. The molecule has 106 valence electrons. The maximum Gasteiger partial charge on any atom is 0.106 e. The van der Waals surface area contributed by atoms with Gasteiger partial charge in [0.05, 0.1) is 16.8 Å². The molecule has 1 aromatic rings. The van der Waals surface area contributed by atoms with Gasteiger partial charge in [-0.3, -0.25) is 10.00 Å². The Bertz CT molecular complexity index is 435. The average Bonchev–Trinajstić information content (AvgIpc) is 2.72. The molecule has 0 radical (unpaired) electrons. The van der Waals surface area contributed by atoms with Crippen LogP contribution < -0.4 is 5.32 Å². The Morgan fingerprint density at radius 1 is 1.53 bits per heavy atom. The lowest BCUT2D eigenvalue weighted by Gasteiger charge is -2.25. The minimum absolute atomic E-state index is 0.350. The molecule has 1 aromatic heterocycles. The fourth-order valence-electron chi connectivity index (χ4n) is 2.18. The molecule has 5 heteroatoms. The van der Waals surface area contributed by atoms with E-state index in [9.17, 15) is 5.26 Å². The van der Waals surface area contributed by atoms with Crippen molar-refractivity contribution in [2.45, 2.75) is 50.6 Å². The molecule has 0 aliphatic heterocycles. The molecule has 1 rings (SSSR count). The molecule has 19 heavy (non-hydrogen) atoms. The zero-order chi connectivity index (χ0) is 14.3. The Morgan fingerprint density at radius 3 is 2.74 bits per heavy atom. The normalized spacial score (nSPS) is 14.1. The van der Waals surface area contributed by atoms with Crippen molar-refractivity contribution < 1.29 is 0 Å². The summed E-state index contributed by atoms with van der Waals surface area (Å²) in [5, 5.41) is 18.2. The van der Waals surface area contributed by atoms with Crippen LogP contribution in [-0.4, -0.2) is 27.6 Å². The second-order valence-corrected chi connectivity index (χ2v) is 5.89. The van der Waals surface area contributed by atoms with Crippen molar-refractivity contribution >= 4 is 11.8 Å². The van der Waals surface area contributed by atoms with Gasteiger partial charge in [0, 0.05) is 7.05 Å². The minimum atomic E-state index is -0.350. The van der Waals surface area contributed by atoms with E-state index in [4.69, 9.17) is 0 Å². The Labute approximate surface area is 120 Å². The summed E-state index contributed by atoms with van der Waals surface area (Å²) in [4.78, 5) is 0. The summed E-state index contributed by atoms with van der Waals surface area (Å²) in [5.41, 5.74) is 0.704. The van der Waals surface area contributed by atoms with Crippen molar-refractivity contribution in [1.82, 2.24) is 15.1 Å². The van der Waals surface area contributed by atoms with Crippen LogP contribution in [0.2, 0.25) is 0 Å². The molecule has 0 fully saturated rings. The highest BCUT2D eigenvalue weighted by Gasteiger charge is 2.25. The molecule has 0 amide bonds. The second kappa shape index (κ2) is 7.56. The maximum absolute atomic E-state index is 9.34. The van der Waals surface area contributed by atoms with E-state index >= 15 is 0 Å². The first-order valence-corrected chi connectivity index (χ1v) is 7.85. The van der Waals surface area contributed by atoms with Gasteiger partial charge in [-0.25, -0.2) is 0 Å². The number of nitrogens with zero attached hydrogens (tertiary/aromatic N) is 3. The van der Waals surface area contributed by atoms with Gasteiger partial charge < -0.3 is 0 Å². The lowest BCUT2D eigenvalue weighted by Crippen LogP contribution is -2.43. The molecule has 1 unspecified atom stereocenters. The quantitative estimate of drug-likeness (QED) is 0.587. The number of thioether (sulfide) groups is 1. The van der Waals surface area contributed by atoms with Crippen LogP contribution in [0, 0.1) is 18.3 Å². The largest absolute Gasteiger partial charge is 0.300 e. The van der Waals surface area contributed by atoms with E-state index in [1.165, 1.54) is 5.03 Å². The molecule has 1 N–H and O–H groups in total. The summed E-state index contributed by atoms with van der Waals surface area (Å²) in [6.45, 7) is 6.97. The Balaban J connectivity index is 2.41. The monoisotopic (exact) mass is 280 g/mol. The van der Waals surface area contributed by atoms with Crippen LogP contribution >= 0.6 is 11.8 Å². The molecule has 0 aliphatic rings. The molecule has 4 nitrogen and oxygen atoms in total. The summed E-state index contributed by atoms with van der Waals surface area (Å²) in [5.74, 6) is 1.02. The predicted octanol–water partition coefficient (Wildman–Crippen LogP) is 2.88. The lowest BCUT2D eigenvalue weighted by atomic mass is 9.92. The fourth-order valence-corrected chi connectivity index (χ4v) is 3.16. The molecule has 0 aromatic carbocycles.